The number of esters is 2. The highest BCUT2D eigenvalue weighted by atomic mass is 31.1. The monoisotopic (exact) mass is 614 g/mol. The molecule has 6 N–H and O–H groups in total. The molecule has 1 saturated heterocycles. The largest absolute Gasteiger partial charge is 0.462 e. The number of hydrogen-bond donors (Lipinski definition) is 6. The van der Waals surface area contributed by atoms with E-state index in [4.69, 9.17) is 14.2 Å². The van der Waals surface area contributed by atoms with Crippen molar-refractivity contribution >= 4 is 29.1 Å². The molecular formula is C27H52O11P2. The summed E-state index contributed by atoms with van der Waals surface area (Å²) in [5.41, 5.74) is -1.06. The summed E-state index contributed by atoms with van der Waals surface area (Å²) < 4.78 is 16.3. The number of ether oxygens (including phenoxy) is 3. The van der Waals surface area contributed by atoms with Crippen LogP contribution in [0.2, 0.25) is 0 Å². The van der Waals surface area contributed by atoms with Crippen LogP contribution in [-0.4, -0.2) is 129 Å². The Morgan fingerprint density at radius 3 is 1.93 bits per heavy atom. The summed E-state index contributed by atoms with van der Waals surface area (Å²) in [7, 11) is 0.588. The van der Waals surface area contributed by atoms with Crippen LogP contribution in [0.3, 0.4) is 0 Å². The Morgan fingerprint density at radius 2 is 1.43 bits per heavy atom. The maximum absolute atomic E-state index is 13.0. The zero-order chi connectivity index (χ0) is 31.0. The fourth-order valence-electron chi connectivity index (χ4n) is 5.39. The molecule has 0 aliphatic carbocycles. The third-order valence-electron chi connectivity index (χ3n) is 7.19. The summed E-state index contributed by atoms with van der Waals surface area (Å²) in [5.74, 6) is -0.956. The van der Waals surface area contributed by atoms with Crippen LogP contribution in [0.4, 0.5) is 0 Å². The minimum Gasteiger partial charge on any atom is -0.462 e. The van der Waals surface area contributed by atoms with E-state index in [-0.39, 0.29) is 31.7 Å². The summed E-state index contributed by atoms with van der Waals surface area (Å²) in [5, 5.41) is 62.4. The zero-order valence-electron chi connectivity index (χ0n) is 25.0. The summed E-state index contributed by atoms with van der Waals surface area (Å²) in [6.07, 6.45) is -11.4. The molecule has 1 fully saturated rings. The number of rotatable bonds is 15. The predicted molar refractivity (Wildman–Crippen MR) is 155 cm³/mol. The van der Waals surface area contributed by atoms with E-state index in [1.807, 2.05) is 34.1 Å². The first-order chi connectivity index (χ1) is 18.4. The van der Waals surface area contributed by atoms with Gasteiger partial charge in [0.1, 0.15) is 49.8 Å². The molecule has 1 aliphatic rings. The Morgan fingerprint density at radius 1 is 0.850 bits per heavy atom. The second-order valence-corrected chi connectivity index (χ2v) is 14.9. The SMILES string of the molecule is CCC(PC)C(=O)OCC(O)C(O)[C@H](O)CC1OC(COC(=O)C(PC)C(C)(C)CC(C)(C)C)C(O)C(O)C1O. The number of carbonyl (C=O) groups excluding carboxylic acids is 2. The van der Waals surface area contributed by atoms with Crippen molar-refractivity contribution in [3.63, 3.8) is 0 Å². The average Bonchev–Trinajstić information content (AvgIpc) is 2.85. The zero-order valence-corrected chi connectivity index (χ0v) is 27.0. The molecule has 0 aromatic carbocycles. The van der Waals surface area contributed by atoms with Crippen LogP contribution in [0.5, 0.6) is 0 Å². The molecular weight excluding hydrogens is 562 g/mol. The van der Waals surface area contributed by atoms with Gasteiger partial charge in [-0.3, -0.25) is 9.59 Å². The molecule has 11 nitrogen and oxygen atoms in total. The third kappa shape index (κ3) is 11.0. The third-order valence-corrected chi connectivity index (χ3v) is 10.1. The van der Waals surface area contributed by atoms with Gasteiger partial charge in [0, 0.05) is 6.42 Å². The fourth-order valence-corrected chi connectivity index (χ4v) is 7.32. The normalized spacial score (nSPS) is 28.4. The van der Waals surface area contributed by atoms with Crippen LogP contribution in [0.25, 0.3) is 0 Å². The van der Waals surface area contributed by atoms with Crippen molar-refractivity contribution < 1.29 is 54.4 Å². The van der Waals surface area contributed by atoms with Gasteiger partial charge in [-0.1, -0.05) is 41.5 Å². The van der Waals surface area contributed by atoms with Crippen molar-refractivity contribution in [3.8, 4) is 0 Å². The lowest BCUT2D eigenvalue weighted by atomic mass is 9.74. The molecule has 0 radical (unpaired) electrons. The van der Waals surface area contributed by atoms with Crippen LogP contribution in [-0.2, 0) is 23.8 Å². The van der Waals surface area contributed by atoms with Gasteiger partial charge in [0.2, 0.25) is 0 Å². The predicted octanol–water partition coefficient (Wildman–Crippen LogP) is 0.622. The highest BCUT2D eigenvalue weighted by molar-refractivity contribution is 7.39. The van der Waals surface area contributed by atoms with Crippen molar-refractivity contribution in [1.29, 1.82) is 0 Å². The van der Waals surface area contributed by atoms with E-state index in [1.54, 1.807) is 0 Å². The molecule has 13 heteroatoms. The van der Waals surface area contributed by atoms with Gasteiger partial charge < -0.3 is 44.8 Å². The Hall–Kier alpha value is -0.480. The Bertz CT molecular complexity index is 787. The van der Waals surface area contributed by atoms with E-state index in [0.29, 0.717) is 15.0 Å². The molecule has 236 valence electrons. The number of aliphatic hydroxyl groups excluding tert-OH is 6. The molecule has 12 atom stereocenters. The highest BCUT2D eigenvalue weighted by Gasteiger charge is 2.46. The van der Waals surface area contributed by atoms with E-state index in [1.165, 1.54) is 0 Å². The van der Waals surface area contributed by atoms with Gasteiger partial charge >= 0.3 is 11.9 Å². The van der Waals surface area contributed by atoms with Gasteiger partial charge in [-0.2, -0.15) is 0 Å². The fraction of sp³-hybridized carbons (Fsp3) is 0.926. The smallest absolute Gasteiger partial charge is 0.313 e. The molecule has 0 bridgehead atoms. The topological polar surface area (TPSA) is 183 Å². The Kier molecular flexibility index (Phi) is 15.4. The van der Waals surface area contributed by atoms with Crippen molar-refractivity contribution in [1.82, 2.24) is 0 Å². The molecule has 0 aromatic heterocycles. The van der Waals surface area contributed by atoms with Crippen molar-refractivity contribution in [2.24, 2.45) is 10.8 Å². The lowest BCUT2D eigenvalue weighted by Crippen LogP contribution is -2.60. The highest BCUT2D eigenvalue weighted by Crippen LogP contribution is 2.42. The van der Waals surface area contributed by atoms with Crippen molar-refractivity contribution in [2.75, 3.05) is 26.5 Å². The molecule has 0 saturated carbocycles. The number of carbonyl (C=O) groups is 2. The van der Waals surface area contributed by atoms with Crippen LogP contribution >= 0.6 is 17.2 Å². The number of hydrogen-bond acceptors (Lipinski definition) is 11. The lowest BCUT2D eigenvalue weighted by molar-refractivity contribution is -0.240. The second-order valence-electron chi connectivity index (χ2n) is 12.5. The molecule has 0 spiro atoms. The van der Waals surface area contributed by atoms with Gasteiger partial charge in [0.15, 0.2) is 0 Å². The number of aliphatic hydroxyl groups is 6. The first kappa shape index (κ1) is 37.5. The molecule has 11 unspecified atom stereocenters. The minimum atomic E-state index is -1.75. The Labute approximate surface area is 241 Å². The lowest BCUT2D eigenvalue weighted by Gasteiger charge is -2.42. The summed E-state index contributed by atoms with van der Waals surface area (Å²) >= 11 is 0. The van der Waals surface area contributed by atoms with Crippen molar-refractivity contribution in [3.05, 3.63) is 0 Å². The molecule has 0 aromatic rings. The van der Waals surface area contributed by atoms with Crippen LogP contribution in [0, 0.1) is 10.8 Å². The van der Waals surface area contributed by atoms with E-state index in [2.05, 4.69) is 20.8 Å². The maximum atomic E-state index is 13.0. The van der Waals surface area contributed by atoms with E-state index in [9.17, 15) is 40.2 Å². The molecule has 1 heterocycles. The van der Waals surface area contributed by atoms with Crippen LogP contribution < -0.4 is 0 Å². The molecule has 40 heavy (non-hydrogen) atoms. The standard InChI is InChI=1S/C27H52O11P2/c1-9-18(39-7)24(34)36-11-15(29)19(30)14(28)10-16-20(31)22(33)21(32)17(38-16)12-37-25(35)23(40-8)27(5,6)13-26(2,3)4/h14-23,28-33,39-40H,9-13H2,1-8H3/t14-,15?,16?,17?,18?,19?,20?,21?,22?,23?/m1/s1. The van der Waals surface area contributed by atoms with Gasteiger partial charge in [-0.25, -0.2) is 0 Å². The average molecular weight is 615 g/mol. The molecule has 0 amide bonds. The quantitative estimate of drug-likeness (QED) is 0.112. The second kappa shape index (κ2) is 16.4. The first-order valence-electron chi connectivity index (χ1n) is 13.8. The maximum Gasteiger partial charge on any atom is 0.313 e. The molecule has 1 rings (SSSR count). The van der Waals surface area contributed by atoms with Gasteiger partial charge in [-0.15, -0.1) is 17.2 Å². The van der Waals surface area contributed by atoms with Gasteiger partial charge in [0.25, 0.3) is 0 Å². The van der Waals surface area contributed by atoms with E-state index < -0.39 is 79.5 Å². The van der Waals surface area contributed by atoms with Crippen LogP contribution in [0.1, 0.15) is 60.8 Å². The Balaban J connectivity index is 2.80. The van der Waals surface area contributed by atoms with Crippen LogP contribution in [0.15, 0.2) is 0 Å². The van der Waals surface area contributed by atoms with Gasteiger partial charge in [-0.05, 0) is 37.0 Å². The molecule has 1 aliphatic heterocycles. The van der Waals surface area contributed by atoms with Gasteiger partial charge in [0.05, 0.1) is 23.5 Å². The summed E-state index contributed by atoms with van der Waals surface area (Å²) in [4.78, 5) is 25.1. The first-order valence-corrected chi connectivity index (χ1v) is 17.0. The van der Waals surface area contributed by atoms with Crippen molar-refractivity contribution in [2.45, 2.75) is 121 Å². The van der Waals surface area contributed by atoms with E-state index >= 15 is 0 Å². The van der Waals surface area contributed by atoms with E-state index in [0.717, 1.165) is 6.42 Å². The summed E-state index contributed by atoms with van der Waals surface area (Å²) in [6.45, 7) is 15.0. The summed E-state index contributed by atoms with van der Waals surface area (Å²) in [6, 6.07) is 0. The minimum absolute atomic E-state index is 0.00773.